The maximum Gasteiger partial charge on any atom is 0.226 e. The Labute approximate surface area is 200 Å². The Morgan fingerprint density at radius 3 is 2.50 bits per heavy atom. The van der Waals surface area contributed by atoms with Crippen LogP contribution in [-0.2, 0) is 0 Å². The molecule has 0 aliphatic carbocycles. The van der Waals surface area contributed by atoms with E-state index in [0.29, 0.717) is 23.2 Å². The van der Waals surface area contributed by atoms with Crippen molar-refractivity contribution in [1.29, 1.82) is 0 Å². The second-order valence-electron chi connectivity index (χ2n) is 7.85. The van der Waals surface area contributed by atoms with Gasteiger partial charge in [0.15, 0.2) is 17.6 Å². The Balaban J connectivity index is 1.64. The molecule has 0 spiro atoms. The molecule has 1 N–H and O–H groups in total. The lowest BCUT2D eigenvalue weighted by molar-refractivity contribution is 0.226. The lowest BCUT2D eigenvalue weighted by atomic mass is 9.86. The highest BCUT2D eigenvalue weighted by Crippen LogP contribution is 2.52. The number of hydrogen-bond acceptors (Lipinski definition) is 8. The van der Waals surface area contributed by atoms with Crippen molar-refractivity contribution < 1.29 is 18.9 Å². The zero-order chi connectivity index (χ0) is 23.2. The number of nitrogens with zero attached hydrogens (tertiary/aromatic N) is 3. The highest BCUT2D eigenvalue weighted by Gasteiger charge is 2.41. The van der Waals surface area contributed by atoms with E-state index in [9.17, 15) is 0 Å². The maximum absolute atomic E-state index is 6.61. The molecule has 0 amide bonds. The van der Waals surface area contributed by atoms with Crippen LogP contribution < -0.4 is 24.3 Å². The summed E-state index contributed by atoms with van der Waals surface area (Å²) in [6.07, 6.45) is 1.25. The van der Waals surface area contributed by atoms with Crippen LogP contribution in [0.4, 0.5) is 5.95 Å². The van der Waals surface area contributed by atoms with Crippen molar-refractivity contribution in [2.24, 2.45) is 0 Å². The maximum atomic E-state index is 6.61. The minimum absolute atomic E-state index is 0.307. The smallest absolute Gasteiger partial charge is 0.226 e. The Morgan fingerprint density at radius 2 is 1.79 bits per heavy atom. The van der Waals surface area contributed by atoms with Crippen LogP contribution in [0.1, 0.15) is 28.1 Å². The van der Waals surface area contributed by atoms with E-state index < -0.39 is 0 Å². The first-order valence-corrected chi connectivity index (χ1v) is 11.6. The van der Waals surface area contributed by atoms with Crippen LogP contribution in [0.25, 0.3) is 5.70 Å². The molecule has 2 aromatic heterocycles. The molecule has 34 heavy (non-hydrogen) atoms. The van der Waals surface area contributed by atoms with E-state index in [4.69, 9.17) is 18.9 Å². The van der Waals surface area contributed by atoms with Crippen molar-refractivity contribution in [2.45, 2.75) is 12.1 Å². The average molecular weight is 475 g/mol. The average Bonchev–Trinajstić information content (AvgIpc) is 3.58. The molecule has 8 nitrogen and oxygen atoms in total. The Morgan fingerprint density at radius 1 is 1.00 bits per heavy atom. The summed E-state index contributed by atoms with van der Waals surface area (Å²) in [5.41, 5.74) is 3.91. The molecule has 6 rings (SSSR count). The summed E-state index contributed by atoms with van der Waals surface area (Å²) in [5, 5.41) is 10.1. The number of fused-ring (bicyclic) bond motifs is 3. The van der Waals surface area contributed by atoms with Crippen molar-refractivity contribution in [2.75, 3.05) is 26.6 Å². The van der Waals surface area contributed by atoms with Crippen molar-refractivity contribution >= 4 is 23.0 Å². The molecule has 4 aromatic rings. The van der Waals surface area contributed by atoms with E-state index in [-0.39, 0.29) is 12.1 Å². The highest BCUT2D eigenvalue weighted by molar-refractivity contribution is 7.10. The van der Waals surface area contributed by atoms with Crippen LogP contribution in [-0.4, -0.2) is 36.1 Å². The van der Waals surface area contributed by atoms with Gasteiger partial charge in [0.1, 0.15) is 18.1 Å². The molecule has 4 heterocycles. The molecular weight excluding hydrogens is 452 g/mol. The van der Waals surface area contributed by atoms with Crippen LogP contribution in [0.3, 0.4) is 0 Å². The third-order valence-electron chi connectivity index (χ3n) is 6.13. The fourth-order valence-corrected chi connectivity index (χ4v) is 5.45. The summed E-state index contributed by atoms with van der Waals surface area (Å²) < 4.78 is 25.4. The van der Waals surface area contributed by atoms with Gasteiger partial charge in [-0.1, -0.05) is 18.2 Å². The van der Waals surface area contributed by atoms with Crippen LogP contribution in [0.5, 0.6) is 23.0 Å². The molecule has 9 heteroatoms. The number of thiophene rings is 1. The molecule has 0 bridgehead atoms. The molecule has 0 saturated heterocycles. The SMILES string of the molecule is COc1cc(C2C3=C(Nc4ncnn42)c2ccccc2OC3c2cccs2)cc(OC)c1OC. The number of aromatic nitrogens is 3. The first kappa shape index (κ1) is 20.6. The van der Waals surface area contributed by atoms with E-state index in [2.05, 4.69) is 32.9 Å². The first-order chi connectivity index (χ1) is 16.7. The molecule has 2 atom stereocenters. The van der Waals surface area contributed by atoms with Gasteiger partial charge < -0.3 is 24.3 Å². The fraction of sp³-hybridized carbons (Fsp3) is 0.200. The lowest BCUT2D eigenvalue weighted by Crippen LogP contribution is -2.32. The summed E-state index contributed by atoms with van der Waals surface area (Å²) in [5.74, 6) is 3.16. The lowest BCUT2D eigenvalue weighted by Gasteiger charge is -2.38. The van der Waals surface area contributed by atoms with Gasteiger partial charge in [0.25, 0.3) is 0 Å². The normalized spacial score (nSPS) is 18.2. The van der Waals surface area contributed by atoms with Crippen molar-refractivity contribution in [3.8, 4) is 23.0 Å². The summed E-state index contributed by atoms with van der Waals surface area (Å²) in [7, 11) is 4.83. The zero-order valence-electron chi connectivity index (χ0n) is 18.8. The second kappa shape index (κ2) is 8.11. The molecule has 2 unspecified atom stereocenters. The topological polar surface area (TPSA) is 79.7 Å². The third-order valence-corrected chi connectivity index (χ3v) is 7.04. The van der Waals surface area contributed by atoms with Gasteiger partial charge >= 0.3 is 0 Å². The minimum Gasteiger partial charge on any atom is -0.493 e. The summed E-state index contributed by atoms with van der Waals surface area (Å²) in [6.45, 7) is 0. The number of hydrogen-bond donors (Lipinski definition) is 1. The van der Waals surface area contributed by atoms with Crippen molar-refractivity contribution in [3.05, 3.63) is 81.8 Å². The van der Waals surface area contributed by atoms with E-state index in [0.717, 1.165) is 33.0 Å². The number of methoxy groups -OCH3 is 3. The molecule has 172 valence electrons. The quantitative estimate of drug-likeness (QED) is 0.440. The highest BCUT2D eigenvalue weighted by atomic mass is 32.1. The van der Waals surface area contributed by atoms with Crippen molar-refractivity contribution in [1.82, 2.24) is 14.8 Å². The standard InChI is InChI=1S/C25H22N4O4S/c1-30-17-11-14(12-18(31-2)23(17)32-3)22-20-21(28-25-26-13-27-29(22)25)15-7-4-5-8-16(15)33-24(20)19-9-6-10-34-19/h4-13,22,24H,1-3H3,(H,26,27,28). The Hall–Kier alpha value is -3.98. The van der Waals surface area contributed by atoms with Crippen LogP contribution in [0, 0.1) is 0 Å². The van der Waals surface area contributed by atoms with Gasteiger partial charge in [-0.3, -0.25) is 0 Å². The van der Waals surface area contributed by atoms with E-state index >= 15 is 0 Å². The predicted octanol–water partition coefficient (Wildman–Crippen LogP) is 4.93. The van der Waals surface area contributed by atoms with Gasteiger partial charge in [-0.2, -0.15) is 10.1 Å². The largest absolute Gasteiger partial charge is 0.493 e. The predicted molar refractivity (Wildman–Crippen MR) is 129 cm³/mol. The summed E-state index contributed by atoms with van der Waals surface area (Å²) in [6, 6.07) is 15.8. The van der Waals surface area contributed by atoms with E-state index in [1.807, 2.05) is 41.1 Å². The number of anilines is 1. The third kappa shape index (κ3) is 3.04. The van der Waals surface area contributed by atoms with Gasteiger partial charge in [-0.05, 0) is 41.3 Å². The van der Waals surface area contributed by atoms with Gasteiger partial charge in [0, 0.05) is 16.0 Å². The minimum atomic E-state index is -0.317. The number of rotatable bonds is 5. The van der Waals surface area contributed by atoms with Gasteiger partial charge in [0.2, 0.25) is 11.7 Å². The van der Waals surface area contributed by atoms with E-state index in [1.54, 1.807) is 39.0 Å². The molecule has 0 saturated carbocycles. The monoisotopic (exact) mass is 474 g/mol. The van der Waals surface area contributed by atoms with Gasteiger partial charge in [-0.15, -0.1) is 11.3 Å². The van der Waals surface area contributed by atoms with Crippen LogP contribution in [0.2, 0.25) is 0 Å². The Bertz CT molecular complexity index is 1370. The fourth-order valence-electron chi connectivity index (χ4n) is 4.68. The second-order valence-corrected chi connectivity index (χ2v) is 8.83. The zero-order valence-corrected chi connectivity index (χ0v) is 19.6. The molecule has 2 aliphatic heterocycles. The molecular formula is C25H22N4O4S. The van der Waals surface area contributed by atoms with Crippen LogP contribution >= 0.6 is 11.3 Å². The number of benzene rings is 2. The van der Waals surface area contributed by atoms with E-state index in [1.165, 1.54) is 0 Å². The van der Waals surface area contributed by atoms with Gasteiger partial charge in [-0.25, -0.2) is 4.68 Å². The molecule has 0 fully saturated rings. The number of ether oxygens (including phenoxy) is 4. The number of para-hydroxylation sites is 1. The summed E-state index contributed by atoms with van der Waals surface area (Å²) >= 11 is 1.66. The molecule has 0 radical (unpaired) electrons. The first-order valence-electron chi connectivity index (χ1n) is 10.7. The molecule has 2 aromatic carbocycles. The summed E-state index contributed by atoms with van der Waals surface area (Å²) in [4.78, 5) is 5.59. The number of nitrogens with one attached hydrogen (secondary N) is 1. The van der Waals surface area contributed by atoms with Gasteiger partial charge in [0.05, 0.1) is 27.0 Å². The van der Waals surface area contributed by atoms with Crippen LogP contribution in [0.15, 0.2) is 65.8 Å². The molecule has 2 aliphatic rings. The van der Waals surface area contributed by atoms with Crippen molar-refractivity contribution in [3.63, 3.8) is 0 Å². The Kier molecular flexibility index (Phi) is 4.91.